The van der Waals surface area contributed by atoms with Gasteiger partial charge in [0, 0.05) is 6.04 Å². The Hall–Kier alpha value is -2.25. The van der Waals surface area contributed by atoms with Gasteiger partial charge in [0.15, 0.2) is 17.5 Å². The Balaban J connectivity index is 1.78. The van der Waals surface area contributed by atoms with Gasteiger partial charge in [0.1, 0.15) is 0 Å². The normalized spacial score (nSPS) is 15.1. The largest absolute Gasteiger partial charge is 0.335 e. The first-order valence-electron chi connectivity index (χ1n) is 7.45. The molecule has 2 rings (SSSR count). The molecule has 0 radical (unpaired) electrons. The van der Waals surface area contributed by atoms with Crippen LogP contribution in [0.1, 0.15) is 32.1 Å². The number of amides is 3. The number of urea groups is 1. The summed E-state index contributed by atoms with van der Waals surface area (Å²) < 4.78 is 39.2. The summed E-state index contributed by atoms with van der Waals surface area (Å²) in [5.74, 6) is -5.23. The maximum atomic E-state index is 13.4. The van der Waals surface area contributed by atoms with E-state index in [1.54, 1.807) is 0 Å². The van der Waals surface area contributed by atoms with E-state index in [-0.39, 0.29) is 6.04 Å². The Morgan fingerprint density at radius 3 is 2.43 bits per heavy atom. The van der Waals surface area contributed by atoms with E-state index in [0.717, 1.165) is 38.2 Å². The van der Waals surface area contributed by atoms with E-state index in [4.69, 9.17) is 0 Å². The fourth-order valence-corrected chi connectivity index (χ4v) is 2.46. The predicted molar refractivity (Wildman–Crippen MR) is 78.4 cm³/mol. The second-order valence-electron chi connectivity index (χ2n) is 5.43. The fourth-order valence-electron chi connectivity index (χ4n) is 2.46. The van der Waals surface area contributed by atoms with Gasteiger partial charge in [-0.2, -0.15) is 0 Å². The van der Waals surface area contributed by atoms with Gasteiger partial charge in [-0.15, -0.1) is 0 Å². The maximum absolute atomic E-state index is 13.4. The number of rotatable bonds is 4. The van der Waals surface area contributed by atoms with E-state index < -0.39 is 41.6 Å². The van der Waals surface area contributed by atoms with Gasteiger partial charge in [-0.25, -0.2) is 18.0 Å². The molecule has 5 nitrogen and oxygen atoms in total. The van der Waals surface area contributed by atoms with Gasteiger partial charge in [-0.3, -0.25) is 4.79 Å². The molecule has 1 aromatic carbocycles. The highest BCUT2D eigenvalue weighted by atomic mass is 19.2. The van der Waals surface area contributed by atoms with Crippen molar-refractivity contribution in [1.82, 2.24) is 10.6 Å². The van der Waals surface area contributed by atoms with Gasteiger partial charge in [-0.05, 0) is 25.0 Å². The lowest BCUT2D eigenvalue weighted by Gasteiger charge is -2.22. The SMILES string of the molecule is O=C(CNC(=O)NC1CCCCC1)Nc1ccc(F)c(F)c1F. The van der Waals surface area contributed by atoms with Gasteiger partial charge in [0.2, 0.25) is 5.91 Å². The van der Waals surface area contributed by atoms with Crippen LogP contribution in [0.15, 0.2) is 12.1 Å². The van der Waals surface area contributed by atoms with E-state index in [0.29, 0.717) is 6.07 Å². The first-order chi connectivity index (χ1) is 11.0. The van der Waals surface area contributed by atoms with Crippen LogP contribution < -0.4 is 16.0 Å². The summed E-state index contributed by atoms with van der Waals surface area (Å²) in [6.45, 7) is -0.406. The van der Waals surface area contributed by atoms with E-state index >= 15 is 0 Å². The molecule has 0 unspecified atom stereocenters. The van der Waals surface area contributed by atoms with Gasteiger partial charge in [-0.1, -0.05) is 19.3 Å². The minimum Gasteiger partial charge on any atom is -0.335 e. The summed E-state index contributed by atoms with van der Waals surface area (Å²) in [4.78, 5) is 23.3. The zero-order valence-corrected chi connectivity index (χ0v) is 12.4. The lowest BCUT2D eigenvalue weighted by atomic mass is 9.96. The minimum absolute atomic E-state index is 0.0930. The van der Waals surface area contributed by atoms with Crippen molar-refractivity contribution in [1.29, 1.82) is 0 Å². The Bertz CT molecular complexity index is 590. The number of hydrogen-bond acceptors (Lipinski definition) is 2. The van der Waals surface area contributed by atoms with Crippen molar-refractivity contribution in [3.05, 3.63) is 29.6 Å². The molecule has 1 aromatic rings. The summed E-state index contributed by atoms with van der Waals surface area (Å²) in [6.07, 6.45) is 5.07. The van der Waals surface area contributed by atoms with Crippen molar-refractivity contribution in [3.63, 3.8) is 0 Å². The van der Waals surface area contributed by atoms with Crippen LogP contribution in [0.5, 0.6) is 0 Å². The Labute approximate surface area is 131 Å². The van der Waals surface area contributed by atoms with Gasteiger partial charge >= 0.3 is 6.03 Å². The molecular weight excluding hydrogens is 311 g/mol. The highest BCUT2D eigenvalue weighted by Gasteiger charge is 2.17. The van der Waals surface area contributed by atoms with Crippen LogP contribution in [0.2, 0.25) is 0 Å². The molecule has 1 aliphatic rings. The molecule has 0 spiro atoms. The summed E-state index contributed by atoms with van der Waals surface area (Å²) >= 11 is 0. The van der Waals surface area contributed by atoms with Crippen molar-refractivity contribution in [2.45, 2.75) is 38.1 Å². The van der Waals surface area contributed by atoms with Crippen LogP contribution >= 0.6 is 0 Å². The molecule has 0 atom stereocenters. The van der Waals surface area contributed by atoms with Crippen LogP contribution in [-0.4, -0.2) is 24.5 Å². The highest BCUT2D eigenvalue weighted by molar-refractivity contribution is 5.94. The molecule has 0 saturated heterocycles. The zero-order valence-electron chi connectivity index (χ0n) is 12.4. The summed E-state index contributed by atoms with van der Waals surface area (Å²) in [7, 11) is 0. The molecule has 0 aliphatic heterocycles. The molecule has 1 aliphatic carbocycles. The molecule has 0 aromatic heterocycles. The lowest BCUT2D eigenvalue weighted by Crippen LogP contribution is -2.45. The summed E-state index contributed by atoms with van der Waals surface area (Å²) in [5, 5.41) is 7.17. The number of halogens is 3. The number of hydrogen-bond donors (Lipinski definition) is 3. The second kappa shape index (κ2) is 7.85. The maximum Gasteiger partial charge on any atom is 0.315 e. The van der Waals surface area contributed by atoms with E-state index in [1.165, 1.54) is 0 Å². The van der Waals surface area contributed by atoms with Crippen molar-refractivity contribution in [2.24, 2.45) is 0 Å². The Morgan fingerprint density at radius 1 is 1.04 bits per heavy atom. The first-order valence-corrected chi connectivity index (χ1v) is 7.45. The summed E-state index contributed by atoms with van der Waals surface area (Å²) in [6, 6.07) is 1.22. The van der Waals surface area contributed by atoms with Crippen LogP contribution in [-0.2, 0) is 4.79 Å². The number of nitrogens with one attached hydrogen (secondary N) is 3. The van der Waals surface area contributed by atoms with Gasteiger partial charge < -0.3 is 16.0 Å². The van der Waals surface area contributed by atoms with Crippen molar-refractivity contribution in [2.75, 3.05) is 11.9 Å². The number of carbonyl (C=O) groups is 2. The molecule has 8 heteroatoms. The van der Waals surface area contributed by atoms with E-state index in [2.05, 4.69) is 16.0 Å². The van der Waals surface area contributed by atoms with Crippen LogP contribution in [0.4, 0.5) is 23.7 Å². The number of carbonyl (C=O) groups excluding carboxylic acids is 2. The fraction of sp³-hybridized carbons (Fsp3) is 0.467. The molecule has 0 heterocycles. The number of benzene rings is 1. The Morgan fingerprint density at radius 2 is 1.74 bits per heavy atom. The molecular formula is C15H18F3N3O2. The van der Waals surface area contributed by atoms with Crippen molar-refractivity contribution >= 4 is 17.6 Å². The quantitative estimate of drug-likeness (QED) is 0.743. The third-order valence-corrected chi connectivity index (χ3v) is 3.66. The highest BCUT2D eigenvalue weighted by Crippen LogP contribution is 2.19. The van der Waals surface area contributed by atoms with E-state index in [9.17, 15) is 22.8 Å². The molecule has 3 amide bonds. The molecule has 0 bridgehead atoms. The standard InChI is InChI=1S/C15H18F3N3O2/c16-10-6-7-11(14(18)13(10)17)21-12(22)8-19-15(23)20-9-4-2-1-3-5-9/h6-7,9H,1-5,8H2,(H,21,22)(H2,19,20,23). The zero-order chi connectivity index (χ0) is 16.8. The summed E-state index contributed by atoms with van der Waals surface area (Å²) in [5.41, 5.74) is -0.483. The van der Waals surface area contributed by atoms with Crippen molar-refractivity contribution < 1.29 is 22.8 Å². The molecule has 3 N–H and O–H groups in total. The second-order valence-corrected chi connectivity index (χ2v) is 5.43. The Kier molecular flexibility index (Phi) is 5.84. The number of anilines is 1. The van der Waals surface area contributed by atoms with Crippen LogP contribution in [0, 0.1) is 17.5 Å². The van der Waals surface area contributed by atoms with Crippen LogP contribution in [0.3, 0.4) is 0 Å². The van der Waals surface area contributed by atoms with E-state index in [1.807, 2.05) is 0 Å². The third-order valence-electron chi connectivity index (χ3n) is 3.66. The molecule has 126 valence electrons. The van der Waals surface area contributed by atoms with Crippen molar-refractivity contribution in [3.8, 4) is 0 Å². The minimum atomic E-state index is -1.66. The topological polar surface area (TPSA) is 70.2 Å². The first kappa shape index (κ1) is 17.1. The van der Waals surface area contributed by atoms with Gasteiger partial charge in [0.25, 0.3) is 0 Å². The average molecular weight is 329 g/mol. The lowest BCUT2D eigenvalue weighted by molar-refractivity contribution is -0.115. The smallest absolute Gasteiger partial charge is 0.315 e. The third kappa shape index (κ3) is 4.87. The molecule has 1 fully saturated rings. The van der Waals surface area contributed by atoms with Gasteiger partial charge in [0.05, 0.1) is 12.2 Å². The average Bonchev–Trinajstić information content (AvgIpc) is 2.54. The molecule has 23 heavy (non-hydrogen) atoms. The van der Waals surface area contributed by atoms with Crippen LogP contribution in [0.25, 0.3) is 0 Å². The predicted octanol–water partition coefficient (Wildman–Crippen LogP) is 2.67. The molecule has 1 saturated carbocycles. The monoisotopic (exact) mass is 329 g/mol.